The number of carbonyl (C=O) groups is 1. The lowest BCUT2D eigenvalue weighted by atomic mass is 10.1. The molecule has 1 amide bonds. The summed E-state index contributed by atoms with van der Waals surface area (Å²) >= 11 is 0. The number of hydrogen-bond acceptors (Lipinski definition) is 3. The molecule has 112 valence electrons. The zero-order chi connectivity index (χ0) is 14.8. The van der Waals surface area contributed by atoms with Crippen molar-refractivity contribution in [3.8, 4) is 0 Å². The van der Waals surface area contributed by atoms with Crippen LogP contribution in [-0.4, -0.2) is 32.7 Å². The zero-order valence-corrected chi connectivity index (χ0v) is 12.8. The van der Waals surface area contributed by atoms with Crippen molar-refractivity contribution in [3.05, 3.63) is 29.3 Å². The molecule has 0 atom stereocenters. The lowest BCUT2D eigenvalue weighted by molar-refractivity contribution is 0.0941. The first-order chi connectivity index (χ1) is 9.69. The van der Waals surface area contributed by atoms with E-state index in [2.05, 4.69) is 17.6 Å². The molecule has 0 aliphatic carbocycles. The van der Waals surface area contributed by atoms with Gasteiger partial charge in [-0.05, 0) is 37.5 Å². The highest BCUT2D eigenvalue weighted by Gasteiger charge is 2.09. The molecule has 0 aliphatic heterocycles. The maximum absolute atomic E-state index is 12.1. The average Bonchev–Trinajstić information content (AvgIpc) is 2.45. The molecule has 1 rings (SSSR count). The maximum Gasteiger partial charge on any atom is 0.253 e. The van der Waals surface area contributed by atoms with Gasteiger partial charge in [-0.3, -0.25) is 4.79 Å². The molecule has 1 aromatic carbocycles. The number of rotatable bonds is 9. The van der Waals surface area contributed by atoms with Crippen molar-refractivity contribution >= 4 is 11.6 Å². The number of ether oxygens (including phenoxy) is 1. The van der Waals surface area contributed by atoms with Gasteiger partial charge in [-0.15, -0.1) is 0 Å². The summed E-state index contributed by atoms with van der Waals surface area (Å²) in [6, 6.07) is 5.78. The van der Waals surface area contributed by atoms with Crippen LogP contribution in [0.5, 0.6) is 0 Å². The van der Waals surface area contributed by atoms with Crippen molar-refractivity contribution in [1.29, 1.82) is 0 Å². The number of unbranched alkanes of at least 4 members (excludes halogenated alkanes) is 1. The normalized spacial score (nSPS) is 10.3. The Hall–Kier alpha value is -1.55. The summed E-state index contributed by atoms with van der Waals surface area (Å²) in [6.45, 7) is 6.31. The first-order valence-electron chi connectivity index (χ1n) is 7.33. The molecular weight excluding hydrogens is 252 g/mol. The van der Waals surface area contributed by atoms with Gasteiger partial charge in [0.05, 0.1) is 5.56 Å². The van der Waals surface area contributed by atoms with Crippen molar-refractivity contribution in [2.45, 2.75) is 33.1 Å². The molecule has 0 aromatic heterocycles. The van der Waals surface area contributed by atoms with Crippen LogP contribution in [0.15, 0.2) is 18.2 Å². The summed E-state index contributed by atoms with van der Waals surface area (Å²) in [5, 5.41) is 5.98. The van der Waals surface area contributed by atoms with E-state index in [1.54, 1.807) is 0 Å². The molecule has 2 N–H and O–H groups in total. The van der Waals surface area contributed by atoms with Gasteiger partial charge in [-0.1, -0.05) is 19.4 Å². The van der Waals surface area contributed by atoms with E-state index >= 15 is 0 Å². The molecular formula is C16H26N2O2. The quantitative estimate of drug-likeness (QED) is 0.683. The van der Waals surface area contributed by atoms with Gasteiger partial charge in [0.25, 0.3) is 5.91 Å². The number of carbonyl (C=O) groups excluding carboxylic acids is 1. The van der Waals surface area contributed by atoms with Gasteiger partial charge in [0.15, 0.2) is 0 Å². The van der Waals surface area contributed by atoms with Crippen LogP contribution >= 0.6 is 0 Å². The van der Waals surface area contributed by atoms with Gasteiger partial charge >= 0.3 is 0 Å². The van der Waals surface area contributed by atoms with Crippen molar-refractivity contribution in [3.63, 3.8) is 0 Å². The Balaban J connectivity index is 2.32. The van der Waals surface area contributed by atoms with E-state index in [0.717, 1.165) is 37.1 Å². The fraction of sp³-hybridized carbons (Fsp3) is 0.562. The summed E-state index contributed by atoms with van der Waals surface area (Å²) in [7, 11) is 1.83. The van der Waals surface area contributed by atoms with Crippen LogP contribution in [0.2, 0.25) is 0 Å². The first-order valence-corrected chi connectivity index (χ1v) is 7.33. The van der Waals surface area contributed by atoms with Gasteiger partial charge in [0.2, 0.25) is 0 Å². The second-order valence-corrected chi connectivity index (χ2v) is 4.87. The Labute approximate surface area is 121 Å². The fourth-order valence-corrected chi connectivity index (χ4v) is 1.88. The van der Waals surface area contributed by atoms with Crippen LogP contribution in [0.4, 0.5) is 5.69 Å². The van der Waals surface area contributed by atoms with Gasteiger partial charge < -0.3 is 15.4 Å². The van der Waals surface area contributed by atoms with Gasteiger partial charge in [-0.2, -0.15) is 0 Å². The van der Waals surface area contributed by atoms with Crippen LogP contribution < -0.4 is 10.6 Å². The minimum Gasteiger partial charge on any atom is -0.387 e. The van der Waals surface area contributed by atoms with Gasteiger partial charge in [0.1, 0.15) is 0 Å². The van der Waals surface area contributed by atoms with Crippen LogP contribution in [0, 0.1) is 6.92 Å². The number of nitrogens with one attached hydrogen (secondary N) is 2. The van der Waals surface area contributed by atoms with E-state index in [0.29, 0.717) is 18.7 Å². The van der Waals surface area contributed by atoms with Crippen LogP contribution in [0.3, 0.4) is 0 Å². The topological polar surface area (TPSA) is 50.4 Å². The van der Waals surface area contributed by atoms with E-state index < -0.39 is 0 Å². The van der Waals surface area contributed by atoms with Crippen molar-refractivity contribution in [1.82, 2.24) is 5.32 Å². The first kappa shape index (κ1) is 16.5. The van der Waals surface area contributed by atoms with E-state index in [1.165, 1.54) is 0 Å². The molecule has 0 spiro atoms. The Morgan fingerprint density at radius 2 is 2.00 bits per heavy atom. The SMILES string of the molecule is CCCCOCCCNC(=O)c1ccc(C)cc1NC. The van der Waals surface area contributed by atoms with Crippen LogP contribution in [0.25, 0.3) is 0 Å². The monoisotopic (exact) mass is 278 g/mol. The second kappa shape index (κ2) is 9.37. The minimum absolute atomic E-state index is 0.0390. The number of benzene rings is 1. The largest absolute Gasteiger partial charge is 0.387 e. The van der Waals surface area contributed by atoms with Crippen molar-refractivity contribution in [2.24, 2.45) is 0 Å². The van der Waals surface area contributed by atoms with Crippen molar-refractivity contribution < 1.29 is 9.53 Å². The summed E-state index contributed by atoms with van der Waals surface area (Å²) in [4.78, 5) is 12.1. The Kier molecular flexibility index (Phi) is 7.73. The van der Waals surface area contributed by atoms with Gasteiger partial charge in [0, 0.05) is 32.5 Å². The highest BCUT2D eigenvalue weighted by molar-refractivity contribution is 5.99. The molecule has 1 aromatic rings. The molecule has 0 unspecified atom stereocenters. The second-order valence-electron chi connectivity index (χ2n) is 4.87. The predicted molar refractivity (Wildman–Crippen MR) is 83.4 cm³/mol. The molecule has 0 saturated carbocycles. The molecule has 4 nitrogen and oxygen atoms in total. The third-order valence-electron chi connectivity index (χ3n) is 3.08. The summed E-state index contributed by atoms with van der Waals surface area (Å²) in [6.07, 6.45) is 3.09. The molecule has 0 heterocycles. The van der Waals surface area contributed by atoms with Crippen LogP contribution in [0.1, 0.15) is 42.1 Å². The molecule has 20 heavy (non-hydrogen) atoms. The lowest BCUT2D eigenvalue weighted by Crippen LogP contribution is -2.26. The molecule has 4 heteroatoms. The summed E-state index contributed by atoms with van der Waals surface area (Å²) in [5.74, 6) is -0.0390. The number of hydrogen-bond donors (Lipinski definition) is 2. The molecule has 0 aliphatic rings. The van der Waals surface area contributed by atoms with E-state index in [-0.39, 0.29) is 5.91 Å². The highest BCUT2D eigenvalue weighted by Crippen LogP contribution is 2.16. The highest BCUT2D eigenvalue weighted by atomic mass is 16.5. The number of anilines is 1. The zero-order valence-electron chi connectivity index (χ0n) is 12.8. The number of aryl methyl sites for hydroxylation is 1. The molecule has 0 radical (unpaired) electrons. The summed E-state index contributed by atoms with van der Waals surface area (Å²) in [5.41, 5.74) is 2.68. The van der Waals surface area contributed by atoms with Gasteiger partial charge in [-0.25, -0.2) is 0 Å². The number of amides is 1. The van der Waals surface area contributed by atoms with E-state index in [9.17, 15) is 4.79 Å². The third kappa shape index (κ3) is 5.61. The van der Waals surface area contributed by atoms with Crippen LogP contribution in [-0.2, 0) is 4.74 Å². The smallest absolute Gasteiger partial charge is 0.253 e. The molecule has 0 saturated heterocycles. The Morgan fingerprint density at radius 1 is 1.25 bits per heavy atom. The standard InChI is InChI=1S/C16H26N2O2/c1-4-5-10-20-11-6-9-18-16(19)14-8-7-13(2)12-15(14)17-3/h7-8,12,17H,4-6,9-11H2,1-3H3,(H,18,19). The molecule has 0 fully saturated rings. The summed E-state index contributed by atoms with van der Waals surface area (Å²) < 4.78 is 5.46. The third-order valence-corrected chi connectivity index (χ3v) is 3.08. The molecule has 0 bridgehead atoms. The van der Waals surface area contributed by atoms with E-state index in [4.69, 9.17) is 4.74 Å². The maximum atomic E-state index is 12.1. The lowest BCUT2D eigenvalue weighted by Gasteiger charge is -2.11. The van der Waals surface area contributed by atoms with E-state index in [1.807, 2.05) is 32.2 Å². The Bertz CT molecular complexity index is 419. The predicted octanol–water partition coefficient (Wildman–Crippen LogP) is 2.97. The van der Waals surface area contributed by atoms with Crippen molar-refractivity contribution in [2.75, 3.05) is 32.1 Å². The fourth-order valence-electron chi connectivity index (χ4n) is 1.88. The minimum atomic E-state index is -0.0390. The average molecular weight is 278 g/mol. The Morgan fingerprint density at radius 3 is 2.70 bits per heavy atom.